The second kappa shape index (κ2) is 19.5. The van der Waals surface area contributed by atoms with Crippen LogP contribution in [-0.2, 0) is 4.79 Å². The first kappa shape index (κ1) is 29.1. The van der Waals surface area contributed by atoms with E-state index in [1.807, 2.05) is 6.92 Å². The zero-order valence-corrected chi connectivity index (χ0v) is 21.7. The molecule has 0 saturated carbocycles. The molecule has 188 valence electrons. The van der Waals surface area contributed by atoms with Crippen molar-refractivity contribution >= 4 is 11.6 Å². The van der Waals surface area contributed by atoms with Crippen molar-refractivity contribution in [1.29, 1.82) is 0 Å². The Morgan fingerprint density at radius 1 is 1.03 bits per heavy atom. The van der Waals surface area contributed by atoms with Crippen molar-refractivity contribution in [2.45, 2.75) is 117 Å². The summed E-state index contributed by atoms with van der Waals surface area (Å²) in [5.41, 5.74) is 4.57. The van der Waals surface area contributed by atoms with Crippen LogP contribution >= 0.6 is 0 Å². The van der Waals surface area contributed by atoms with E-state index in [-0.39, 0.29) is 18.0 Å². The molecule has 0 radical (unpaired) electrons. The highest BCUT2D eigenvalue weighted by Gasteiger charge is 2.22. The predicted octanol–water partition coefficient (Wildman–Crippen LogP) is 5.05. The molecule has 0 bridgehead atoms. The third-order valence-corrected chi connectivity index (χ3v) is 6.48. The van der Waals surface area contributed by atoms with E-state index in [0.717, 1.165) is 57.7 Å². The van der Waals surface area contributed by atoms with Gasteiger partial charge in [-0.15, -0.1) is 0 Å². The number of unbranched alkanes of at least 4 members (excludes halogenated alkanes) is 9. The number of hydrazine groups is 1. The number of carbonyl (C=O) groups excluding carboxylic acids is 1. The molecule has 1 aliphatic heterocycles. The number of hydrogen-bond acceptors (Lipinski definition) is 5. The van der Waals surface area contributed by atoms with E-state index >= 15 is 0 Å². The topological polar surface area (TPSA) is 68.8 Å². The van der Waals surface area contributed by atoms with Gasteiger partial charge in [-0.2, -0.15) is 0 Å². The van der Waals surface area contributed by atoms with Crippen molar-refractivity contribution < 1.29 is 4.79 Å². The number of rotatable bonds is 19. The number of aliphatic imine (C=N–C) groups is 1. The SMILES string of the molecule is CCCCCCCCCCCCNC(C)NN(CC)CCCC1C(=O)NCCCN=C1C. The first-order valence-electron chi connectivity index (χ1n) is 13.6. The van der Waals surface area contributed by atoms with Crippen molar-refractivity contribution in [3.8, 4) is 0 Å². The molecule has 1 rings (SSSR count). The summed E-state index contributed by atoms with van der Waals surface area (Å²) < 4.78 is 0. The second-order valence-electron chi connectivity index (χ2n) is 9.43. The summed E-state index contributed by atoms with van der Waals surface area (Å²) in [5, 5.41) is 8.92. The Morgan fingerprint density at radius 2 is 1.69 bits per heavy atom. The molecule has 1 amide bonds. The number of nitrogens with one attached hydrogen (secondary N) is 3. The van der Waals surface area contributed by atoms with E-state index in [0.29, 0.717) is 0 Å². The normalized spacial score (nSPS) is 18.2. The fraction of sp³-hybridized carbons (Fsp3) is 0.923. The van der Waals surface area contributed by atoms with Crippen molar-refractivity contribution in [1.82, 2.24) is 21.1 Å². The molecule has 6 heteroatoms. The molecule has 3 N–H and O–H groups in total. The largest absolute Gasteiger partial charge is 0.355 e. The molecule has 32 heavy (non-hydrogen) atoms. The van der Waals surface area contributed by atoms with Gasteiger partial charge in [0.2, 0.25) is 5.91 Å². The van der Waals surface area contributed by atoms with Crippen LogP contribution in [0.25, 0.3) is 0 Å². The van der Waals surface area contributed by atoms with Gasteiger partial charge in [0.05, 0.1) is 12.1 Å². The lowest BCUT2D eigenvalue weighted by atomic mass is 9.96. The molecule has 1 heterocycles. The molecule has 2 atom stereocenters. The maximum Gasteiger partial charge on any atom is 0.228 e. The average molecular weight is 452 g/mol. The van der Waals surface area contributed by atoms with Gasteiger partial charge in [-0.05, 0) is 46.1 Å². The highest BCUT2D eigenvalue weighted by molar-refractivity contribution is 6.03. The van der Waals surface area contributed by atoms with Crippen molar-refractivity contribution in [3.63, 3.8) is 0 Å². The molecule has 0 aromatic rings. The van der Waals surface area contributed by atoms with Crippen LogP contribution in [0.3, 0.4) is 0 Å². The first-order chi connectivity index (χ1) is 15.6. The van der Waals surface area contributed by atoms with E-state index < -0.39 is 0 Å². The van der Waals surface area contributed by atoms with Crippen LogP contribution < -0.4 is 16.1 Å². The molecule has 6 nitrogen and oxygen atoms in total. The van der Waals surface area contributed by atoms with Crippen molar-refractivity contribution in [3.05, 3.63) is 0 Å². The van der Waals surface area contributed by atoms with Gasteiger partial charge >= 0.3 is 0 Å². The van der Waals surface area contributed by atoms with E-state index in [1.54, 1.807) is 0 Å². The Morgan fingerprint density at radius 3 is 2.34 bits per heavy atom. The molecule has 0 fully saturated rings. The molecule has 0 spiro atoms. The summed E-state index contributed by atoms with van der Waals surface area (Å²) in [6.45, 7) is 13.2. The quantitative estimate of drug-likeness (QED) is 0.146. The molecule has 2 unspecified atom stereocenters. The van der Waals surface area contributed by atoms with Crippen LogP contribution in [-0.4, -0.2) is 55.5 Å². The monoisotopic (exact) mass is 451 g/mol. The highest BCUT2D eigenvalue weighted by Crippen LogP contribution is 2.13. The van der Waals surface area contributed by atoms with Crippen LogP contribution in [0.15, 0.2) is 4.99 Å². The zero-order valence-electron chi connectivity index (χ0n) is 21.7. The van der Waals surface area contributed by atoms with Gasteiger partial charge in [-0.3, -0.25) is 9.79 Å². The Bertz CT molecular complexity index is 497. The van der Waals surface area contributed by atoms with Gasteiger partial charge in [0.1, 0.15) is 0 Å². The molecule has 0 saturated heterocycles. The van der Waals surface area contributed by atoms with Crippen LogP contribution in [0.1, 0.15) is 111 Å². The third-order valence-electron chi connectivity index (χ3n) is 6.48. The van der Waals surface area contributed by atoms with E-state index in [4.69, 9.17) is 0 Å². The van der Waals surface area contributed by atoms with Crippen LogP contribution in [0.2, 0.25) is 0 Å². The summed E-state index contributed by atoms with van der Waals surface area (Å²) in [6, 6.07) is 0. The van der Waals surface area contributed by atoms with Gasteiger partial charge in [-0.1, -0.05) is 71.6 Å². The van der Waals surface area contributed by atoms with Crippen molar-refractivity contribution in [2.75, 3.05) is 32.7 Å². The molecule has 0 aliphatic carbocycles. The molecule has 0 aromatic carbocycles. The van der Waals surface area contributed by atoms with E-state index in [2.05, 4.69) is 46.8 Å². The van der Waals surface area contributed by atoms with Gasteiger partial charge in [0.15, 0.2) is 0 Å². The first-order valence-corrected chi connectivity index (χ1v) is 13.6. The summed E-state index contributed by atoms with van der Waals surface area (Å²) >= 11 is 0. The minimum Gasteiger partial charge on any atom is -0.355 e. The summed E-state index contributed by atoms with van der Waals surface area (Å²) in [5.74, 6) is 0.0781. The van der Waals surface area contributed by atoms with Gasteiger partial charge in [0.25, 0.3) is 0 Å². The Labute approximate surface area is 198 Å². The predicted molar refractivity (Wildman–Crippen MR) is 138 cm³/mol. The number of nitrogens with zero attached hydrogens (tertiary/aromatic N) is 2. The minimum absolute atomic E-state index is 0.0686. The third kappa shape index (κ3) is 14.2. The standard InChI is InChI=1S/C26H53N5O/c1-5-7-8-9-10-11-12-13-14-15-19-28-24(4)30-31(6-2)22-16-18-25-23(3)27-20-17-21-29-26(25)32/h24-25,28,30H,5-22H2,1-4H3,(H,29,32). The lowest BCUT2D eigenvalue weighted by Crippen LogP contribution is -2.50. The fourth-order valence-electron chi connectivity index (χ4n) is 4.36. The number of amides is 1. The number of hydrogen-bond donors (Lipinski definition) is 3. The minimum atomic E-state index is -0.0686. The second-order valence-corrected chi connectivity index (χ2v) is 9.43. The van der Waals surface area contributed by atoms with E-state index in [9.17, 15) is 4.79 Å². The lowest BCUT2D eigenvalue weighted by Gasteiger charge is -2.27. The van der Waals surface area contributed by atoms with Crippen LogP contribution in [0.5, 0.6) is 0 Å². The van der Waals surface area contributed by atoms with Gasteiger partial charge in [-0.25, -0.2) is 10.4 Å². The fourth-order valence-corrected chi connectivity index (χ4v) is 4.36. The molecular weight excluding hydrogens is 398 g/mol. The summed E-state index contributed by atoms with van der Waals surface area (Å²) in [6.07, 6.45) is 16.8. The molecule has 1 aliphatic rings. The highest BCUT2D eigenvalue weighted by atomic mass is 16.1. The Kier molecular flexibility index (Phi) is 17.7. The van der Waals surface area contributed by atoms with Crippen molar-refractivity contribution in [2.24, 2.45) is 10.9 Å². The van der Waals surface area contributed by atoms with Crippen LogP contribution in [0, 0.1) is 5.92 Å². The maximum absolute atomic E-state index is 12.4. The van der Waals surface area contributed by atoms with Gasteiger partial charge in [0, 0.05) is 31.9 Å². The lowest BCUT2D eigenvalue weighted by molar-refractivity contribution is -0.123. The molecular formula is C26H53N5O. The van der Waals surface area contributed by atoms with E-state index in [1.165, 1.54) is 64.2 Å². The summed E-state index contributed by atoms with van der Waals surface area (Å²) in [7, 11) is 0. The van der Waals surface area contributed by atoms with Gasteiger partial charge < -0.3 is 10.6 Å². The Hall–Kier alpha value is -0.980. The Balaban J connectivity index is 2.09. The smallest absolute Gasteiger partial charge is 0.228 e. The number of carbonyl (C=O) groups is 1. The maximum atomic E-state index is 12.4. The average Bonchev–Trinajstić information content (AvgIpc) is 2.78. The zero-order chi connectivity index (χ0) is 23.4. The molecule has 0 aromatic heterocycles. The van der Waals surface area contributed by atoms with Crippen LogP contribution in [0.4, 0.5) is 0 Å². The summed E-state index contributed by atoms with van der Waals surface area (Å²) in [4.78, 5) is 16.9.